The molecule has 0 bridgehead atoms. The lowest BCUT2D eigenvalue weighted by Crippen LogP contribution is -2.36. The minimum absolute atomic E-state index is 0.0754. The topological polar surface area (TPSA) is 84.7 Å². The van der Waals surface area contributed by atoms with E-state index in [2.05, 4.69) is 25.7 Å². The molecular weight excluding hydrogens is 407 g/mol. The molecule has 0 radical (unpaired) electrons. The van der Waals surface area contributed by atoms with Crippen LogP contribution < -0.4 is 10.6 Å². The lowest BCUT2D eigenvalue weighted by molar-refractivity contribution is 0.248. The van der Waals surface area contributed by atoms with Gasteiger partial charge in [0.2, 0.25) is 0 Å². The number of fused-ring (bicyclic) bond motifs is 1. The number of nitrogens with one attached hydrogen (secondary N) is 2. The Morgan fingerprint density at radius 2 is 1.94 bits per heavy atom. The highest BCUT2D eigenvalue weighted by Crippen LogP contribution is 2.34. The average Bonchev–Trinajstić information content (AvgIpc) is 3.41. The molecule has 2 unspecified atom stereocenters. The highest BCUT2D eigenvalue weighted by Gasteiger charge is 2.27. The second-order valence-electron chi connectivity index (χ2n) is 8.20. The van der Waals surface area contributed by atoms with Gasteiger partial charge in [-0.2, -0.15) is 5.10 Å². The third-order valence-electron chi connectivity index (χ3n) is 5.93. The van der Waals surface area contributed by atoms with E-state index in [1.807, 2.05) is 37.3 Å². The fourth-order valence-electron chi connectivity index (χ4n) is 4.35. The van der Waals surface area contributed by atoms with E-state index in [0.29, 0.717) is 11.7 Å². The van der Waals surface area contributed by atoms with Gasteiger partial charge in [-0.25, -0.2) is 18.9 Å². The molecule has 3 aromatic heterocycles. The van der Waals surface area contributed by atoms with Gasteiger partial charge in [-0.3, -0.25) is 10.3 Å². The number of urea groups is 1. The van der Waals surface area contributed by atoms with Crippen molar-refractivity contribution in [2.75, 3.05) is 5.32 Å². The van der Waals surface area contributed by atoms with Crippen LogP contribution in [0.25, 0.3) is 16.6 Å². The molecule has 1 fully saturated rings. The molecule has 2 atom stereocenters. The summed E-state index contributed by atoms with van der Waals surface area (Å²) in [6.45, 7) is 1.93. The minimum Gasteiger partial charge on any atom is -0.335 e. The number of aryl methyl sites for hydroxylation is 1. The summed E-state index contributed by atoms with van der Waals surface area (Å²) in [4.78, 5) is 21.1. The molecule has 162 valence electrons. The van der Waals surface area contributed by atoms with Gasteiger partial charge in [0.05, 0.1) is 23.6 Å². The summed E-state index contributed by atoms with van der Waals surface area (Å²) in [7, 11) is 0. The number of rotatable bonds is 4. The lowest BCUT2D eigenvalue weighted by atomic mass is 9.97. The predicted octanol–water partition coefficient (Wildman–Crippen LogP) is 4.72. The number of halogens is 1. The van der Waals surface area contributed by atoms with Crippen LogP contribution in [0, 0.1) is 12.7 Å². The van der Waals surface area contributed by atoms with E-state index < -0.39 is 0 Å². The molecule has 32 heavy (non-hydrogen) atoms. The first-order valence-electron chi connectivity index (χ1n) is 10.6. The Morgan fingerprint density at radius 3 is 2.75 bits per heavy atom. The quantitative estimate of drug-likeness (QED) is 0.491. The predicted molar refractivity (Wildman–Crippen MR) is 120 cm³/mol. The van der Waals surface area contributed by atoms with Gasteiger partial charge in [0, 0.05) is 23.3 Å². The number of hydrogen-bond acceptors (Lipinski definition) is 4. The van der Waals surface area contributed by atoms with E-state index in [9.17, 15) is 9.18 Å². The number of nitrogens with zero attached hydrogens (tertiary/aromatic N) is 4. The SMILES string of the molecule is Cc1cc(-n2ncc3cc(NC(=O)NC4CCC(c5ccc(F)cc5)C4)ncc32)ccn1. The summed E-state index contributed by atoms with van der Waals surface area (Å²) in [6, 6.07) is 12.1. The molecular formula is C24H23FN6O. The number of pyridine rings is 2. The molecule has 0 spiro atoms. The van der Waals surface area contributed by atoms with Crippen LogP contribution in [0.1, 0.15) is 36.4 Å². The van der Waals surface area contributed by atoms with Gasteiger partial charge in [0.15, 0.2) is 0 Å². The standard InChI is InChI=1S/C24H23FN6O/c1-15-10-21(8-9-26-15)31-22-14-27-23(12-18(22)13-28-31)30-24(32)29-20-7-4-17(11-20)16-2-5-19(25)6-3-16/h2-3,5-6,8-10,12-14,17,20H,4,7,11H2,1H3,(H2,27,29,30,32). The Labute approximate surface area is 184 Å². The molecule has 8 heteroatoms. The number of amides is 2. The fourth-order valence-corrected chi connectivity index (χ4v) is 4.35. The fraction of sp³-hybridized carbons (Fsp3) is 0.250. The van der Waals surface area contributed by atoms with E-state index in [1.165, 1.54) is 12.1 Å². The van der Waals surface area contributed by atoms with Crippen molar-refractivity contribution in [1.82, 2.24) is 25.1 Å². The van der Waals surface area contributed by atoms with E-state index in [1.54, 1.807) is 23.3 Å². The van der Waals surface area contributed by atoms with Crippen LogP contribution in [0.4, 0.5) is 15.0 Å². The Kier molecular flexibility index (Phi) is 5.26. The van der Waals surface area contributed by atoms with Gasteiger partial charge >= 0.3 is 6.03 Å². The van der Waals surface area contributed by atoms with Crippen molar-refractivity contribution in [3.05, 3.63) is 78.1 Å². The van der Waals surface area contributed by atoms with Crippen LogP contribution in [0.2, 0.25) is 0 Å². The maximum atomic E-state index is 13.2. The summed E-state index contributed by atoms with van der Waals surface area (Å²) in [5.41, 5.74) is 3.77. The largest absolute Gasteiger partial charge is 0.335 e. The Bertz CT molecular complexity index is 1270. The average molecular weight is 430 g/mol. The highest BCUT2D eigenvalue weighted by molar-refractivity contribution is 5.91. The normalized spacial score (nSPS) is 18.1. The van der Waals surface area contributed by atoms with E-state index in [0.717, 1.165) is 47.1 Å². The first-order chi connectivity index (χ1) is 15.5. The number of carbonyl (C=O) groups excluding carboxylic acids is 1. The number of anilines is 1. The van der Waals surface area contributed by atoms with Crippen LogP contribution in [-0.4, -0.2) is 31.8 Å². The summed E-state index contributed by atoms with van der Waals surface area (Å²) in [5, 5.41) is 11.2. The molecule has 1 saturated carbocycles. The molecule has 2 N–H and O–H groups in total. The molecule has 7 nitrogen and oxygen atoms in total. The van der Waals surface area contributed by atoms with Crippen molar-refractivity contribution in [2.24, 2.45) is 0 Å². The van der Waals surface area contributed by atoms with Gasteiger partial charge in [-0.1, -0.05) is 12.1 Å². The zero-order chi connectivity index (χ0) is 22.1. The smallest absolute Gasteiger partial charge is 0.320 e. The van der Waals surface area contributed by atoms with Crippen molar-refractivity contribution in [1.29, 1.82) is 0 Å². The molecule has 0 aliphatic heterocycles. The number of aromatic nitrogens is 4. The van der Waals surface area contributed by atoms with Crippen molar-refractivity contribution in [3.63, 3.8) is 0 Å². The first kappa shape index (κ1) is 20.1. The maximum absolute atomic E-state index is 13.2. The minimum atomic E-state index is -0.279. The number of hydrogen-bond donors (Lipinski definition) is 2. The summed E-state index contributed by atoms with van der Waals surface area (Å²) in [5.74, 6) is 0.568. The molecule has 4 aromatic rings. The van der Waals surface area contributed by atoms with E-state index >= 15 is 0 Å². The van der Waals surface area contributed by atoms with E-state index in [4.69, 9.17) is 0 Å². The zero-order valence-electron chi connectivity index (χ0n) is 17.6. The molecule has 1 aliphatic rings. The first-order valence-corrected chi connectivity index (χ1v) is 10.6. The molecule has 1 aromatic carbocycles. The summed E-state index contributed by atoms with van der Waals surface area (Å²) in [6.07, 6.45) is 7.89. The molecule has 5 rings (SSSR count). The van der Waals surface area contributed by atoms with E-state index in [-0.39, 0.29) is 17.9 Å². The second kappa shape index (κ2) is 8.37. The van der Waals surface area contributed by atoms with Crippen molar-refractivity contribution >= 4 is 22.8 Å². The van der Waals surface area contributed by atoms with Crippen molar-refractivity contribution < 1.29 is 9.18 Å². The maximum Gasteiger partial charge on any atom is 0.320 e. The molecule has 0 saturated heterocycles. The third kappa shape index (κ3) is 4.16. The van der Waals surface area contributed by atoms with Crippen molar-refractivity contribution in [2.45, 2.75) is 38.1 Å². The zero-order valence-corrected chi connectivity index (χ0v) is 17.6. The molecule has 1 aliphatic carbocycles. The molecule has 3 heterocycles. The Balaban J connectivity index is 1.23. The Hall–Kier alpha value is -3.81. The van der Waals surface area contributed by atoms with Crippen molar-refractivity contribution in [3.8, 4) is 5.69 Å². The number of benzene rings is 1. The van der Waals surface area contributed by atoms with Gasteiger partial charge in [0.25, 0.3) is 0 Å². The lowest BCUT2D eigenvalue weighted by Gasteiger charge is -2.14. The van der Waals surface area contributed by atoms with Gasteiger partial charge in [-0.15, -0.1) is 0 Å². The van der Waals surface area contributed by atoms with Gasteiger partial charge in [0.1, 0.15) is 11.6 Å². The van der Waals surface area contributed by atoms with Gasteiger partial charge in [-0.05, 0) is 68.0 Å². The summed E-state index contributed by atoms with van der Waals surface area (Å²) < 4.78 is 15.0. The van der Waals surface area contributed by atoms with Crippen LogP contribution >= 0.6 is 0 Å². The summed E-state index contributed by atoms with van der Waals surface area (Å²) >= 11 is 0. The highest BCUT2D eigenvalue weighted by atomic mass is 19.1. The van der Waals surface area contributed by atoms with Crippen LogP contribution in [0.15, 0.2) is 61.1 Å². The molecule has 2 amide bonds. The van der Waals surface area contributed by atoms with Crippen LogP contribution in [-0.2, 0) is 0 Å². The second-order valence-corrected chi connectivity index (χ2v) is 8.20. The monoisotopic (exact) mass is 430 g/mol. The van der Waals surface area contributed by atoms with Gasteiger partial charge < -0.3 is 5.32 Å². The Morgan fingerprint density at radius 1 is 1.09 bits per heavy atom. The van der Waals surface area contributed by atoms with Crippen LogP contribution in [0.3, 0.4) is 0 Å². The van der Waals surface area contributed by atoms with Crippen LogP contribution in [0.5, 0.6) is 0 Å². The third-order valence-corrected chi connectivity index (χ3v) is 5.93. The number of carbonyl (C=O) groups is 1.